The van der Waals surface area contributed by atoms with E-state index in [1.54, 1.807) is 12.1 Å². The van der Waals surface area contributed by atoms with Gasteiger partial charge in [-0.05, 0) is 61.7 Å². The molecule has 6 heteroatoms. The van der Waals surface area contributed by atoms with Crippen LogP contribution in [0, 0.1) is 32.4 Å². The molecule has 0 unspecified atom stereocenters. The Balaban J connectivity index is 0.000000220. The zero-order valence-corrected chi connectivity index (χ0v) is 13.9. The molecule has 0 saturated carbocycles. The van der Waals surface area contributed by atoms with E-state index in [2.05, 4.69) is 20.9 Å². The lowest BCUT2D eigenvalue weighted by Crippen LogP contribution is -1.92. The molecule has 0 aliphatic heterocycles. The highest BCUT2D eigenvalue weighted by Gasteiger charge is 2.09. The van der Waals surface area contributed by atoms with Crippen LogP contribution in [-0.4, -0.2) is 0 Å². The third kappa shape index (κ3) is 4.73. The summed E-state index contributed by atoms with van der Waals surface area (Å²) in [7, 11) is 0. The number of hydrogen-bond acceptors (Lipinski definition) is 1. The van der Waals surface area contributed by atoms with Gasteiger partial charge in [0.2, 0.25) is 0 Å². The van der Waals surface area contributed by atoms with Gasteiger partial charge in [0.05, 0.1) is 5.56 Å². The van der Waals surface area contributed by atoms with Gasteiger partial charge in [-0.15, -0.1) is 0 Å². The Bertz CT molecular complexity index is 613. The van der Waals surface area contributed by atoms with Crippen molar-refractivity contribution in [3.05, 3.63) is 62.6 Å². The normalized spacial score (nSPS) is 10.0. The maximum Gasteiger partial charge on any atom is 0.172 e. The highest BCUT2D eigenvalue weighted by atomic mass is 79.9. The second-order valence-corrected chi connectivity index (χ2v) is 5.66. The standard InChI is InChI=1S/C9H11FO.C7H4BrF3/c1-6-4-9(11-10)5-7(2)8(6)3;8-4-1-6(10)5(3-9)7(11)2-4/h4-5H,1-3H3;1-2H,3H2. The molecule has 0 aromatic heterocycles. The van der Waals surface area contributed by atoms with Crippen molar-refractivity contribution < 1.29 is 22.6 Å². The van der Waals surface area contributed by atoms with Gasteiger partial charge in [0.25, 0.3) is 0 Å². The maximum absolute atomic E-state index is 12.6. The SMILES string of the molecule is Cc1cc(OF)cc(C)c1C.FCc1c(F)cc(Br)cc1F. The minimum absolute atomic E-state index is 0.268. The molecule has 0 aliphatic rings. The minimum Gasteiger partial charge on any atom is -0.294 e. The predicted molar refractivity (Wildman–Crippen MR) is 81.3 cm³/mol. The second kappa shape index (κ2) is 8.17. The van der Waals surface area contributed by atoms with Crippen molar-refractivity contribution in [2.45, 2.75) is 27.4 Å². The van der Waals surface area contributed by atoms with Crippen LogP contribution in [-0.2, 0) is 6.67 Å². The molecule has 0 fully saturated rings. The predicted octanol–water partition coefficient (Wildman–Crippen LogP) is 6.07. The van der Waals surface area contributed by atoms with Crippen LogP contribution in [0.1, 0.15) is 22.3 Å². The molecule has 0 spiro atoms. The molecule has 2 aromatic carbocycles. The molecule has 0 atom stereocenters. The van der Waals surface area contributed by atoms with Crippen LogP contribution < -0.4 is 4.94 Å². The van der Waals surface area contributed by atoms with Crippen molar-refractivity contribution in [3.63, 3.8) is 0 Å². The molecule has 1 nitrogen and oxygen atoms in total. The lowest BCUT2D eigenvalue weighted by Gasteiger charge is -2.04. The van der Waals surface area contributed by atoms with Gasteiger partial charge in [-0.25, -0.2) is 13.2 Å². The van der Waals surface area contributed by atoms with E-state index in [-0.39, 0.29) is 10.2 Å². The van der Waals surface area contributed by atoms with Gasteiger partial charge in [0, 0.05) is 9.00 Å². The summed E-state index contributed by atoms with van der Waals surface area (Å²) in [4.78, 5) is 3.63. The second-order valence-electron chi connectivity index (χ2n) is 4.74. The molecule has 120 valence electrons. The molecule has 22 heavy (non-hydrogen) atoms. The molecule has 0 aliphatic carbocycles. The molecule has 0 radical (unpaired) electrons. The van der Waals surface area contributed by atoms with E-state index < -0.39 is 23.9 Å². The zero-order valence-electron chi connectivity index (χ0n) is 12.3. The van der Waals surface area contributed by atoms with E-state index in [4.69, 9.17) is 0 Å². The average molecular weight is 379 g/mol. The summed E-state index contributed by atoms with van der Waals surface area (Å²) in [6.45, 7) is 4.76. The fraction of sp³-hybridized carbons (Fsp3) is 0.250. The number of hydrogen-bond donors (Lipinski definition) is 0. The molecule has 0 amide bonds. The zero-order chi connectivity index (χ0) is 16.9. The van der Waals surface area contributed by atoms with Crippen LogP contribution in [0.15, 0.2) is 28.7 Å². The number of rotatable bonds is 2. The van der Waals surface area contributed by atoms with E-state index in [1.165, 1.54) is 5.56 Å². The van der Waals surface area contributed by atoms with E-state index in [9.17, 15) is 17.7 Å². The van der Waals surface area contributed by atoms with Crippen LogP contribution in [0.5, 0.6) is 5.75 Å². The van der Waals surface area contributed by atoms with Gasteiger partial charge < -0.3 is 0 Å². The van der Waals surface area contributed by atoms with Crippen molar-refractivity contribution >= 4 is 15.9 Å². The summed E-state index contributed by atoms with van der Waals surface area (Å²) in [5, 5.41) is 0. The smallest absolute Gasteiger partial charge is 0.172 e. The van der Waals surface area contributed by atoms with Gasteiger partial charge >= 0.3 is 0 Å². The highest BCUT2D eigenvalue weighted by molar-refractivity contribution is 9.10. The molecule has 2 aromatic rings. The third-order valence-corrected chi connectivity index (χ3v) is 3.69. The van der Waals surface area contributed by atoms with E-state index in [0.29, 0.717) is 0 Å². The van der Waals surface area contributed by atoms with E-state index in [1.807, 2.05) is 20.8 Å². The molecule has 0 bridgehead atoms. The first kappa shape index (κ1) is 18.5. The number of benzene rings is 2. The number of halogens is 5. The summed E-state index contributed by atoms with van der Waals surface area (Å²) in [5.74, 6) is -1.44. The Labute approximate surface area is 134 Å². The van der Waals surface area contributed by atoms with Crippen LogP contribution in [0.25, 0.3) is 0 Å². The van der Waals surface area contributed by atoms with E-state index in [0.717, 1.165) is 23.3 Å². The lowest BCUT2D eigenvalue weighted by molar-refractivity contribution is -0.00634. The largest absolute Gasteiger partial charge is 0.294 e. The van der Waals surface area contributed by atoms with Crippen LogP contribution >= 0.6 is 15.9 Å². The van der Waals surface area contributed by atoms with E-state index >= 15 is 0 Å². The Morgan fingerprint density at radius 2 is 1.41 bits per heavy atom. The first-order valence-corrected chi connectivity index (χ1v) is 7.15. The van der Waals surface area contributed by atoms with Crippen LogP contribution in [0.2, 0.25) is 0 Å². The molecule has 0 N–H and O–H groups in total. The Morgan fingerprint density at radius 3 is 1.77 bits per heavy atom. The number of aryl methyl sites for hydroxylation is 2. The fourth-order valence-electron chi connectivity index (χ4n) is 1.74. The first-order valence-electron chi connectivity index (χ1n) is 6.36. The van der Waals surface area contributed by atoms with Crippen LogP contribution in [0.4, 0.5) is 17.7 Å². The Hall–Kier alpha value is -1.56. The summed E-state index contributed by atoms with van der Waals surface area (Å²) in [6, 6.07) is 5.42. The molecular weight excluding hydrogens is 364 g/mol. The van der Waals surface area contributed by atoms with Gasteiger partial charge in [-0.1, -0.05) is 15.9 Å². The Morgan fingerprint density at radius 1 is 0.955 bits per heavy atom. The molecule has 2 rings (SSSR count). The summed E-state index contributed by atoms with van der Waals surface area (Å²) in [5.41, 5.74) is 2.77. The number of alkyl halides is 1. The maximum atomic E-state index is 12.6. The summed E-state index contributed by atoms with van der Waals surface area (Å²) in [6.07, 6.45) is 0. The fourth-order valence-corrected chi connectivity index (χ4v) is 2.14. The van der Waals surface area contributed by atoms with Crippen LogP contribution in [0.3, 0.4) is 0 Å². The Kier molecular flexibility index (Phi) is 6.87. The van der Waals surface area contributed by atoms with Gasteiger partial charge in [0.15, 0.2) is 5.75 Å². The van der Waals surface area contributed by atoms with Crippen molar-refractivity contribution in [2.75, 3.05) is 0 Å². The topological polar surface area (TPSA) is 9.23 Å². The highest BCUT2D eigenvalue weighted by Crippen LogP contribution is 2.21. The summed E-state index contributed by atoms with van der Waals surface area (Å²) >= 11 is 2.87. The third-order valence-electron chi connectivity index (χ3n) is 3.23. The van der Waals surface area contributed by atoms with Crippen molar-refractivity contribution in [2.24, 2.45) is 0 Å². The first-order chi connectivity index (χ1) is 10.3. The van der Waals surface area contributed by atoms with Crippen molar-refractivity contribution in [1.29, 1.82) is 0 Å². The molecular formula is C16H15BrF4O. The monoisotopic (exact) mass is 378 g/mol. The minimum atomic E-state index is -1.12. The molecule has 0 heterocycles. The lowest BCUT2D eigenvalue weighted by atomic mass is 10.0. The van der Waals surface area contributed by atoms with Gasteiger partial charge in [0.1, 0.15) is 18.3 Å². The quantitative estimate of drug-likeness (QED) is 0.576. The van der Waals surface area contributed by atoms with Crippen molar-refractivity contribution in [1.82, 2.24) is 0 Å². The average Bonchev–Trinajstić information content (AvgIpc) is 2.44. The van der Waals surface area contributed by atoms with Gasteiger partial charge in [-0.2, -0.15) is 0 Å². The summed E-state index contributed by atoms with van der Waals surface area (Å²) < 4.78 is 49.1. The molecule has 0 saturated heterocycles. The van der Waals surface area contributed by atoms with Gasteiger partial charge in [-0.3, -0.25) is 4.94 Å². The van der Waals surface area contributed by atoms with Crippen molar-refractivity contribution in [3.8, 4) is 5.75 Å².